The molecule has 7 nitrogen and oxygen atoms in total. The number of halogens is 2. The lowest BCUT2D eigenvalue weighted by Gasteiger charge is -2.23. The Morgan fingerprint density at radius 1 is 1.17 bits per heavy atom. The molecule has 3 rings (SSSR count). The van der Waals surface area contributed by atoms with Gasteiger partial charge in [-0.3, -0.25) is 19.1 Å². The largest absolute Gasteiger partial charge is 0.383 e. The van der Waals surface area contributed by atoms with Crippen LogP contribution in [0.5, 0.6) is 0 Å². The molecule has 0 atom stereocenters. The first-order valence-corrected chi connectivity index (χ1v) is 9.61. The van der Waals surface area contributed by atoms with E-state index in [4.69, 9.17) is 17.3 Å². The van der Waals surface area contributed by atoms with E-state index in [1.807, 2.05) is 18.2 Å². The Morgan fingerprint density at radius 3 is 2.50 bits per heavy atom. The van der Waals surface area contributed by atoms with Gasteiger partial charge in [-0.05, 0) is 24.6 Å². The Kier molecular flexibility index (Phi) is 6.37. The van der Waals surface area contributed by atoms with Crippen molar-refractivity contribution in [2.45, 2.75) is 19.9 Å². The molecule has 2 aromatic carbocycles. The number of benzene rings is 2. The molecule has 3 aromatic rings. The Bertz CT molecular complexity index is 1170. The number of aromatic amines is 1. The summed E-state index contributed by atoms with van der Waals surface area (Å²) in [4.78, 5) is 41.1. The predicted octanol–water partition coefficient (Wildman–Crippen LogP) is 2.56. The fraction of sp³-hybridized carbons (Fsp3) is 0.190. The SMILES string of the molecule is CCN(C(=O)Cc1c(F)cccc1Cl)c1c(N)n(Cc2ccccc2)c(=O)[nH]c1=O. The third-order valence-electron chi connectivity index (χ3n) is 4.67. The molecule has 1 heterocycles. The first-order chi connectivity index (χ1) is 14.3. The van der Waals surface area contributed by atoms with Crippen LogP contribution in [0.3, 0.4) is 0 Å². The van der Waals surface area contributed by atoms with Crippen LogP contribution in [0.25, 0.3) is 0 Å². The van der Waals surface area contributed by atoms with Crippen LogP contribution in [0.1, 0.15) is 18.1 Å². The predicted molar refractivity (Wildman–Crippen MR) is 114 cm³/mol. The summed E-state index contributed by atoms with van der Waals surface area (Å²) in [6.45, 7) is 1.84. The third-order valence-corrected chi connectivity index (χ3v) is 5.03. The average molecular weight is 431 g/mol. The normalized spacial score (nSPS) is 10.8. The number of nitrogen functional groups attached to an aromatic ring is 1. The minimum atomic E-state index is -0.795. The first-order valence-electron chi connectivity index (χ1n) is 9.23. The van der Waals surface area contributed by atoms with Crippen molar-refractivity contribution in [3.05, 3.63) is 91.3 Å². The maximum atomic E-state index is 14.1. The summed E-state index contributed by atoms with van der Waals surface area (Å²) in [5.74, 6) is -1.35. The molecule has 9 heteroatoms. The van der Waals surface area contributed by atoms with Crippen LogP contribution in [-0.4, -0.2) is 22.0 Å². The Balaban J connectivity index is 2.02. The molecule has 0 radical (unpaired) electrons. The van der Waals surface area contributed by atoms with E-state index in [2.05, 4.69) is 4.98 Å². The number of nitrogens with one attached hydrogen (secondary N) is 1. The smallest absolute Gasteiger partial charge is 0.330 e. The summed E-state index contributed by atoms with van der Waals surface area (Å²) in [5, 5.41) is 0.107. The lowest BCUT2D eigenvalue weighted by atomic mass is 10.1. The van der Waals surface area contributed by atoms with Crippen LogP contribution >= 0.6 is 11.6 Å². The van der Waals surface area contributed by atoms with Gasteiger partial charge >= 0.3 is 5.69 Å². The molecule has 0 aliphatic rings. The number of nitrogens with two attached hydrogens (primary N) is 1. The van der Waals surface area contributed by atoms with Gasteiger partial charge in [0.15, 0.2) is 5.69 Å². The lowest BCUT2D eigenvalue weighted by Crippen LogP contribution is -2.41. The second-order valence-corrected chi connectivity index (χ2v) is 6.99. The second-order valence-electron chi connectivity index (χ2n) is 6.58. The van der Waals surface area contributed by atoms with Gasteiger partial charge in [0.1, 0.15) is 11.6 Å². The number of hydrogen-bond donors (Lipinski definition) is 2. The van der Waals surface area contributed by atoms with Crippen LogP contribution in [0, 0.1) is 5.82 Å². The summed E-state index contributed by atoms with van der Waals surface area (Å²) in [7, 11) is 0. The number of carbonyl (C=O) groups excluding carboxylic acids is 1. The number of H-pyrrole nitrogens is 1. The van der Waals surface area contributed by atoms with E-state index >= 15 is 0 Å². The van der Waals surface area contributed by atoms with Gasteiger partial charge in [-0.15, -0.1) is 0 Å². The van der Waals surface area contributed by atoms with Crippen LogP contribution in [0.2, 0.25) is 5.02 Å². The molecule has 0 saturated heterocycles. The lowest BCUT2D eigenvalue weighted by molar-refractivity contribution is -0.118. The van der Waals surface area contributed by atoms with E-state index in [1.54, 1.807) is 19.1 Å². The molecule has 0 bridgehead atoms. The van der Waals surface area contributed by atoms with Crippen LogP contribution < -0.4 is 21.9 Å². The monoisotopic (exact) mass is 430 g/mol. The minimum absolute atomic E-state index is 0.0234. The number of rotatable bonds is 6. The fourth-order valence-corrected chi connectivity index (χ4v) is 3.40. The standard InChI is InChI=1S/C21H20ClFN4O3/c1-2-26(17(28)11-14-15(22)9-6-10-16(14)23)18-19(24)27(21(30)25-20(18)29)12-13-7-4-3-5-8-13/h3-10H,2,11-12,24H2,1H3,(H,25,29,30). The maximum absolute atomic E-state index is 14.1. The molecule has 0 spiro atoms. The zero-order chi connectivity index (χ0) is 21.8. The van der Waals surface area contributed by atoms with Crippen molar-refractivity contribution in [3.63, 3.8) is 0 Å². The maximum Gasteiger partial charge on any atom is 0.330 e. The third kappa shape index (κ3) is 4.28. The molecule has 156 valence electrons. The molecule has 3 N–H and O–H groups in total. The van der Waals surface area contributed by atoms with Gasteiger partial charge in [0, 0.05) is 17.1 Å². The number of amides is 1. The number of nitrogens with zero attached hydrogens (tertiary/aromatic N) is 2. The molecule has 0 saturated carbocycles. The van der Waals surface area contributed by atoms with Crippen molar-refractivity contribution >= 4 is 29.0 Å². The summed E-state index contributed by atoms with van der Waals surface area (Å²) >= 11 is 6.02. The number of likely N-dealkylation sites (N-methyl/N-ethyl adjacent to an activating group) is 1. The topological polar surface area (TPSA) is 101 Å². The second kappa shape index (κ2) is 8.96. The number of carbonyl (C=O) groups is 1. The Morgan fingerprint density at radius 2 is 1.87 bits per heavy atom. The van der Waals surface area contributed by atoms with Gasteiger partial charge in [0.2, 0.25) is 5.91 Å². The summed E-state index contributed by atoms with van der Waals surface area (Å²) in [6, 6.07) is 13.2. The molecule has 30 heavy (non-hydrogen) atoms. The first kappa shape index (κ1) is 21.3. The van der Waals surface area contributed by atoms with E-state index < -0.39 is 23.0 Å². The van der Waals surface area contributed by atoms with Gasteiger partial charge in [0.05, 0.1) is 13.0 Å². The van der Waals surface area contributed by atoms with E-state index in [-0.39, 0.29) is 41.6 Å². The summed E-state index contributed by atoms with van der Waals surface area (Å²) < 4.78 is 15.3. The number of aromatic nitrogens is 2. The molecule has 0 aliphatic heterocycles. The van der Waals surface area contributed by atoms with Gasteiger partial charge in [0.25, 0.3) is 5.56 Å². The molecule has 0 fully saturated rings. The van der Waals surface area contributed by atoms with Crippen molar-refractivity contribution < 1.29 is 9.18 Å². The number of hydrogen-bond acceptors (Lipinski definition) is 4. The van der Waals surface area contributed by atoms with E-state index in [9.17, 15) is 18.8 Å². The molecular formula is C21H20ClFN4O3. The van der Waals surface area contributed by atoms with E-state index in [0.29, 0.717) is 0 Å². The van der Waals surface area contributed by atoms with Gasteiger partial charge in [-0.25, -0.2) is 9.18 Å². The van der Waals surface area contributed by atoms with Crippen molar-refractivity contribution in [1.29, 1.82) is 0 Å². The molecule has 1 aromatic heterocycles. The highest BCUT2D eigenvalue weighted by atomic mass is 35.5. The van der Waals surface area contributed by atoms with E-state index in [1.165, 1.54) is 22.8 Å². The Hall–Kier alpha value is -3.39. The van der Waals surface area contributed by atoms with Crippen LogP contribution in [0.15, 0.2) is 58.1 Å². The van der Waals surface area contributed by atoms with Crippen LogP contribution in [-0.2, 0) is 17.8 Å². The van der Waals surface area contributed by atoms with Crippen molar-refractivity contribution in [2.75, 3.05) is 17.2 Å². The quantitative estimate of drug-likeness (QED) is 0.627. The highest BCUT2D eigenvalue weighted by molar-refractivity contribution is 6.31. The van der Waals surface area contributed by atoms with Crippen LogP contribution in [0.4, 0.5) is 15.9 Å². The van der Waals surface area contributed by atoms with Gasteiger partial charge in [-0.1, -0.05) is 48.0 Å². The van der Waals surface area contributed by atoms with E-state index in [0.717, 1.165) is 10.5 Å². The molecular weight excluding hydrogens is 411 g/mol. The molecule has 0 aliphatic carbocycles. The van der Waals surface area contributed by atoms with Gasteiger partial charge < -0.3 is 10.6 Å². The van der Waals surface area contributed by atoms with Crippen molar-refractivity contribution in [3.8, 4) is 0 Å². The van der Waals surface area contributed by atoms with Gasteiger partial charge in [-0.2, -0.15) is 0 Å². The number of anilines is 2. The van der Waals surface area contributed by atoms with Crippen molar-refractivity contribution in [2.24, 2.45) is 0 Å². The highest BCUT2D eigenvalue weighted by Crippen LogP contribution is 2.23. The zero-order valence-electron chi connectivity index (χ0n) is 16.2. The average Bonchev–Trinajstić information content (AvgIpc) is 2.71. The molecule has 1 amide bonds. The van der Waals surface area contributed by atoms with Crippen molar-refractivity contribution in [1.82, 2.24) is 9.55 Å². The highest BCUT2D eigenvalue weighted by Gasteiger charge is 2.24. The summed E-state index contributed by atoms with van der Waals surface area (Å²) in [6.07, 6.45) is -0.365. The zero-order valence-corrected chi connectivity index (χ0v) is 16.9. The Labute approximate surface area is 176 Å². The minimum Gasteiger partial charge on any atom is -0.383 e. The summed E-state index contributed by atoms with van der Waals surface area (Å²) in [5.41, 5.74) is 5.32. The fourth-order valence-electron chi connectivity index (χ4n) is 3.17. The molecule has 0 unspecified atom stereocenters.